The lowest BCUT2D eigenvalue weighted by Gasteiger charge is -2.09. The average Bonchev–Trinajstić information content (AvgIpc) is 2.64. The molecule has 2 N–H and O–H groups in total. The van der Waals surface area contributed by atoms with Crippen molar-refractivity contribution < 1.29 is 9.90 Å². The van der Waals surface area contributed by atoms with Gasteiger partial charge in [-0.15, -0.1) is 0 Å². The highest BCUT2D eigenvalue weighted by molar-refractivity contribution is 7.98. The highest BCUT2D eigenvalue weighted by atomic mass is 32.2. The molecule has 0 aliphatic carbocycles. The molecule has 0 aromatic carbocycles. The SMILES string of the molecule is CC(Nc1ncc2c(n1)CSC2)C(=O)O. The number of fused-ring (bicyclic) bond motifs is 1. The molecule has 2 heterocycles. The zero-order valence-corrected chi connectivity index (χ0v) is 9.04. The molecular weight excluding hydrogens is 214 g/mol. The Hall–Kier alpha value is -1.30. The van der Waals surface area contributed by atoms with Crippen LogP contribution in [0.2, 0.25) is 0 Å². The number of rotatable bonds is 3. The van der Waals surface area contributed by atoms with Crippen LogP contribution in [0.5, 0.6) is 0 Å². The Morgan fingerprint density at radius 1 is 1.67 bits per heavy atom. The Morgan fingerprint density at radius 2 is 2.47 bits per heavy atom. The summed E-state index contributed by atoms with van der Waals surface area (Å²) in [6.45, 7) is 1.56. The first-order valence-corrected chi connectivity index (χ1v) is 5.74. The lowest BCUT2D eigenvalue weighted by Crippen LogP contribution is -2.26. The van der Waals surface area contributed by atoms with Crippen LogP contribution in [-0.2, 0) is 16.3 Å². The van der Waals surface area contributed by atoms with Crippen molar-refractivity contribution in [1.82, 2.24) is 9.97 Å². The van der Waals surface area contributed by atoms with Gasteiger partial charge in [-0.25, -0.2) is 9.97 Å². The second-order valence-corrected chi connectivity index (χ2v) is 4.35. The number of carboxylic acid groups (broad SMARTS) is 1. The van der Waals surface area contributed by atoms with Gasteiger partial charge in [-0.1, -0.05) is 0 Å². The summed E-state index contributed by atoms with van der Waals surface area (Å²) in [7, 11) is 0. The van der Waals surface area contributed by atoms with Crippen molar-refractivity contribution in [2.45, 2.75) is 24.5 Å². The van der Waals surface area contributed by atoms with Gasteiger partial charge >= 0.3 is 5.97 Å². The molecule has 0 saturated carbocycles. The summed E-state index contributed by atoms with van der Waals surface area (Å²) in [5.41, 5.74) is 2.16. The van der Waals surface area contributed by atoms with Crippen LogP contribution in [0.25, 0.3) is 0 Å². The highest BCUT2D eigenvalue weighted by Crippen LogP contribution is 2.27. The molecule has 0 bridgehead atoms. The molecule has 0 amide bonds. The number of nitrogens with one attached hydrogen (secondary N) is 1. The van der Waals surface area contributed by atoms with Crippen LogP contribution >= 0.6 is 11.8 Å². The molecule has 0 fully saturated rings. The molecule has 1 aromatic rings. The van der Waals surface area contributed by atoms with Crippen molar-refractivity contribution in [2.75, 3.05) is 5.32 Å². The molecule has 1 aliphatic heterocycles. The minimum absolute atomic E-state index is 0.395. The predicted octanol–water partition coefficient (Wildman–Crippen LogP) is 1.11. The number of anilines is 1. The van der Waals surface area contributed by atoms with E-state index >= 15 is 0 Å². The van der Waals surface area contributed by atoms with Crippen molar-refractivity contribution in [3.8, 4) is 0 Å². The van der Waals surface area contributed by atoms with E-state index in [0.717, 1.165) is 22.8 Å². The maximum Gasteiger partial charge on any atom is 0.325 e. The molecule has 1 aromatic heterocycles. The largest absolute Gasteiger partial charge is 0.480 e. The minimum atomic E-state index is -0.909. The van der Waals surface area contributed by atoms with E-state index in [2.05, 4.69) is 15.3 Å². The lowest BCUT2D eigenvalue weighted by molar-refractivity contribution is -0.137. The molecule has 2 rings (SSSR count). The number of carboxylic acids is 1. The van der Waals surface area contributed by atoms with Gasteiger partial charge in [0.05, 0.1) is 5.69 Å². The highest BCUT2D eigenvalue weighted by Gasteiger charge is 2.16. The zero-order chi connectivity index (χ0) is 10.8. The standard InChI is InChI=1S/C9H11N3O2S/c1-5(8(13)14)11-9-10-2-6-3-15-4-7(6)12-9/h2,5H,3-4H2,1H3,(H,13,14)(H,10,11,12). The molecule has 5 nitrogen and oxygen atoms in total. The maximum atomic E-state index is 10.6. The minimum Gasteiger partial charge on any atom is -0.480 e. The van der Waals surface area contributed by atoms with E-state index < -0.39 is 12.0 Å². The number of aliphatic carboxylic acids is 1. The molecule has 1 unspecified atom stereocenters. The first-order valence-electron chi connectivity index (χ1n) is 4.58. The van der Waals surface area contributed by atoms with Gasteiger partial charge < -0.3 is 10.4 Å². The first kappa shape index (κ1) is 10.2. The quantitative estimate of drug-likeness (QED) is 0.802. The Kier molecular flexibility index (Phi) is 2.77. The molecule has 0 saturated heterocycles. The van der Waals surface area contributed by atoms with Crippen molar-refractivity contribution in [3.63, 3.8) is 0 Å². The van der Waals surface area contributed by atoms with Crippen molar-refractivity contribution in [2.24, 2.45) is 0 Å². The monoisotopic (exact) mass is 225 g/mol. The van der Waals surface area contributed by atoms with Crippen LogP contribution in [-0.4, -0.2) is 27.1 Å². The third-order valence-electron chi connectivity index (χ3n) is 2.17. The molecule has 80 valence electrons. The van der Waals surface area contributed by atoms with E-state index in [9.17, 15) is 4.79 Å². The lowest BCUT2D eigenvalue weighted by atomic mass is 10.3. The van der Waals surface area contributed by atoms with E-state index in [0.29, 0.717) is 5.95 Å². The van der Waals surface area contributed by atoms with Gasteiger partial charge in [-0.3, -0.25) is 4.79 Å². The van der Waals surface area contributed by atoms with Gasteiger partial charge in [0.2, 0.25) is 5.95 Å². The Labute approximate surface area is 91.3 Å². The van der Waals surface area contributed by atoms with Crippen molar-refractivity contribution >= 4 is 23.7 Å². The number of carbonyl (C=O) groups is 1. The third kappa shape index (κ3) is 2.20. The molecule has 1 aliphatic rings. The molecule has 0 spiro atoms. The Morgan fingerprint density at radius 3 is 3.20 bits per heavy atom. The van der Waals surface area contributed by atoms with Gasteiger partial charge in [-0.05, 0) is 6.92 Å². The van der Waals surface area contributed by atoms with Crippen molar-refractivity contribution in [1.29, 1.82) is 0 Å². The van der Waals surface area contributed by atoms with E-state index in [4.69, 9.17) is 5.11 Å². The molecule has 0 radical (unpaired) electrons. The molecule has 1 atom stereocenters. The molecular formula is C9H11N3O2S. The van der Waals surface area contributed by atoms with Gasteiger partial charge in [0.25, 0.3) is 0 Å². The average molecular weight is 225 g/mol. The summed E-state index contributed by atoms with van der Waals surface area (Å²) in [4.78, 5) is 19.0. The van der Waals surface area contributed by atoms with Crippen LogP contribution in [0, 0.1) is 0 Å². The van der Waals surface area contributed by atoms with Gasteiger partial charge in [-0.2, -0.15) is 11.8 Å². The van der Waals surface area contributed by atoms with E-state index in [1.165, 1.54) is 0 Å². The Balaban J connectivity index is 2.13. The normalized spacial score (nSPS) is 15.8. The van der Waals surface area contributed by atoms with Gasteiger partial charge in [0, 0.05) is 23.3 Å². The van der Waals surface area contributed by atoms with Crippen LogP contribution in [0.15, 0.2) is 6.20 Å². The summed E-state index contributed by atoms with van der Waals surface area (Å²) >= 11 is 1.79. The molecule has 6 heteroatoms. The number of hydrogen-bond acceptors (Lipinski definition) is 5. The van der Waals surface area contributed by atoms with Crippen molar-refractivity contribution in [3.05, 3.63) is 17.5 Å². The summed E-state index contributed by atoms with van der Waals surface area (Å²) in [6.07, 6.45) is 1.76. The zero-order valence-electron chi connectivity index (χ0n) is 8.23. The summed E-state index contributed by atoms with van der Waals surface area (Å²) < 4.78 is 0. The second-order valence-electron chi connectivity index (χ2n) is 3.36. The number of aromatic nitrogens is 2. The number of thioether (sulfide) groups is 1. The van der Waals surface area contributed by atoms with Crippen LogP contribution in [0.1, 0.15) is 18.2 Å². The fourth-order valence-corrected chi connectivity index (χ4v) is 2.28. The smallest absolute Gasteiger partial charge is 0.325 e. The summed E-state index contributed by atoms with van der Waals surface area (Å²) in [5, 5.41) is 11.5. The van der Waals surface area contributed by atoms with E-state index in [1.54, 1.807) is 24.9 Å². The third-order valence-corrected chi connectivity index (χ3v) is 3.16. The fourth-order valence-electron chi connectivity index (χ4n) is 1.27. The number of hydrogen-bond donors (Lipinski definition) is 2. The summed E-state index contributed by atoms with van der Waals surface area (Å²) in [6, 6.07) is -0.669. The topological polar surface area (TPSA) is 75.1 Å². The number of nitrogens with zero attached hydrogens (tertiary/aromatic N) is 2. The predicted molar refractivity (Wildman–Crippen MR) is 57.8 cm³/mol. The fraction of sp³-hybridized carbons (Fsp3) is 0.444. The second kappa shape index (κ2) is 4.06. The van der Waals surface area contributed by atoms with Gasteiger partial charge in [0.1, 0.15) is 6.04 Å². The van der Waals surface area contributed by atoms with Crippen LogP contribution in [0.4, 0.5) is 5.95 Å². The van der Waals surface area contributed by atoms with Crippen LogP contribution < -0.4 is 5.32 Å². The van der Waals surface area contributed by atoms with E-state index in [-0.39, 0.29) is 0 Å². The first-order chi connectivity index (χ1) is 7.16. The maximum absolute atomic E-state index is 10.6. The van der Waals surface area contributed by atoms with Gasteiger partial charge in [0.15, 0.2) is 0 Å². The van der Waals surface area contributed by atoms with Crippen LogP contribution in [0.3, 0.4) is 0 Å². The van der Waals surface area contributed by atoms with E-state index in [1.807, 2.05) is 0 Å². The molecule has 15 heavy (non-hydrogen) atoms. The Bertz CT molecular complexity index is 397. The summed E-state index contributed by atoms with van der Waals surface area (Å²) in [5.74, 6) is 1.32.